The summed E-state index contributed by atoms with van der Waals surface area (Å²) in [6.07, 6.45) is -4.69. The monoisotopic (exact) mass is 668 g/mol. The first-order valence-electron chi connectivity index (χ1n) is 9.37. The van der Waals surface area contributed by atoms with Gasteiger partial charge in [0.1, 0.15) is 15.8 Å². The van der Waals surface area contributed by atoms with Gasteiger partial charge in [0, 0.05) is 16.1 Å². The van der Waals surface area contributed by atoms with Crippen molar-refractivity contribution in [3.63, 3.8) is 0 Å². The zero-order chi connectivity index (χ0) is 27.5. The van der Waals surface area contributed by atoms with E-state index in [1.807, 2.05) is 0 Å². The Bertz CT molecular complexity index is 1260. The fraction of sp³-hybridized carbons (Fsp3) is 0.263. The second-order valence-electron chi connectivity index (χ2n) is 7.80. The maximum atomic E-state index is 13.3. The zero-order valence-corrected chi connectivity index (χ0v) is 21.8. The van der Waals surface area contributed by atoms with Crippen LogP contribution >= 0.6 is 61.0 Å². The third-order valence-corrected chi connectivity index (χ3v) is 7.82. The molecular weight excluding hydrogens is 659 g/mol. The summed E-state index contributed by atoms with van der Waals surface area (Å²) in [5, 5.41) is 3.66. The number of amides is 2. The van der Waals surface area contributed by atoms with Gasteiger partial charge < -0.3 is 10.6 Å². The van der Waals surface area contributed by atoms with Crippen molar-refractivity contribution in [2.75, 3.05) is 11.9 Å². The number of rotatable bonds is 6. The van der Waals surface area contributed by atoms with Crippen LogP contribution in [0.2, 0.25) is 5.02 Å². The molecular formula is C19H12BrCl3F8N2O2S. The number of alkyl halides is 5. The van der Waals surface area contributed by atoms with E-state index in [0.717, 1.165) is 18.2 Å². The number of hydrogen-bond acceptors (Lipinski definition) is 2. The molecule has 2 aromatic carbocycles. The summed E-state index contributed by atoms with van der Waals surface area (Å²) in [4.78, 5) is 22.6. The van der Waals surface area contributed by atoms with Crippen molar-refractivity contribution in [1.29, 1.82) is 0 Å². The lowest BCUT2D eigenvalue weighted by Crippen LogP contribution is -2.33. The van der Waals surface area contributed by atoms with Gasteiger partial charge in [-0.3, -0.25) is 9.59 Å². The Balaban J connectivity index is 1.84. The van der Waals surface area contributed by atoms with Gasteiger partial charge in [-0.1, -0.05) is 47.0 Å². The lowest BCUT2D eigenvalue weighted by Gasteiger charge is -2.40. The number of carbonyl (C=O) groups is 2. The topological polar surface area (TPSA) is 58.2 Å². The third kappa shape index (κ3) is 6.69. The van der Waals surface area contributed by atoms with Crippen LogP contribution in [-0.4, -0.2) is 28.9 Å². The number of hydrogen-bond donors (Lipinski definition) is 2. The first-order chi connectivity index (χ1) is 16.0. The van der Waals surface area contributed by atoms with E-state index in [1.165, 1.54) is 6.07 Å². The smallest absolute Gasteiger partial charge is 0.343 e. The van der Waals surface area contributed by atoms with Crippen LogP contribution in [0.3, 0.4) is 0 Å². The van der Waals surface area contributed by atoms with E-state index in [1.54, 1.807) is 5.32 Å². The SMILES string of the molecule is O=C(NCC(F)(F)F)c1cc(NC(=O)C2C(c3cc(Br)cc(S(F)(F)(F)(F)F)c3)C2(Cl)Cl)ccc1Cl. The number of benzene rings is 2. The highest BCUT2D eigenvalue weighted by atomic mass is 79.9. The Labute approximate surface area is 221 Å². The predicted octanol–water partition coefficient (Wildman–Crippen LogP) is 8.58. The molecule has 0 aromatic heterocycles. The van der Waals surface area contributed by atoms with Gasteiger partial charge in [-0.05, 0) is 42.0 Å². The molecule has 1 saturated carbocycles. The lowest BCUT2D eigenvalue weighted by atomic mass is 10.1. The minimum Gasteiger partial charge on any atom is -0.343 e. The molecule has 2 atom stereocenters. The van der Waals surface area contributed by atoms with Crippen molar-refractivity contribution in [2.24, 2.45) is 5.92 Å². The minimum atomic E-state index is -10.1. The predicted molar refractivity (Wildman–Crippen MR) is 125 cm³/mol. The highest BCUT2D eigenvalue weighted by Crippen LogP contribution is 3.02. The summed E-state index contributed by atoms with van der Waals surface area (Å²) in [5.74, 6) is -4.87. The zero-order valence-electron chi connectivity index (χ0n) is 17.1. The van der Waals surface area contributed by atoms with Gasteiger partial charge in [0.05, 0.1) is 16.5 Å². The van der Waals surface area contributed by atoms with Crippen LogP contribution in [0.5, 0.6) is 0 Å². The van der Waals surface area contributed by atoms with Crippen LogP contribution in [-0.2, 0) is 4.79 Å². The summed E-state index contributed by atoms with van der Waals surface area (Å²) in [6, 6.07) is 4.65. The highest BCUT2D eigenvalue weighted by molar-refractivity contribution is 9.10. The molecule has 0 heterocycles. The molecule has 0 spiro atoms. The quantitative estimate of drug-likeness (QED) is 0.239. The van der Waals surface area contributed by atoms with Crippen LogP contribution in [0.4, 0.5) is 38.3 Å². The molecule has 1 fully saturated rings. The van der Waals surface area contributed by atoms with E-state index in [-0.39, 0.29) is 32.9 Å². The average Bonchev–Trinajstić information content (AvgIpc) is 3.27. The first-order valence-corrected chi connectivity index (χ1v) is 13.3. The van der Waals surface area contributed by atoms with Crippen LogP contribution in [0.15, 0.2) is 45.8 Å². The van der Waals surface area contributed by atoms with Crippen molar-refractivity contribution in [2.45, 2.75) is 21.3 Å². The molecule has 1 aliphatic carbocycles. The third-order valence-electron chi connectivity index (χ3n) is 4.96. The molecule has 17 heteroatoms. The van der Waals surface area contributed by atoms with E-state index in [0.29, 0.717) is 0 Å². The van der Waals surface area contributed by atoms with Gasteiger partial charge in [-0.25, -0.2) is 0 Å². The second kappa shape index (κ2) is 8.52. The largest absolute Gasteiger partial charge is 0.405 e. The number of nitrogens with one attached hydrogen (secondary N) is 2. The second-order valence-corrected chi connectivity index (χ2v) is 13.0. The lowest BCUT2D eigenvalue weighted by molar-refractivity contribution is -0.123. The van der Waals surface area contributed by atoms with Crippen molar-refractivity contribution in [3.8, 4) is 0 Å². The molecule has 0 bridgehead atoms. The molecule has 36 heavy (non-hydrogen) atoms. The molecule has 0 aliphatic heterocycles. The standard InChI is InChI=1S/C19H12BrCl3F8N2O2S/c20-9-3-8(4-11(5-9)36(27,28,29,30)31)14-15(19(14,22)23)17(35)33-10-1-2-13(21)12(6-10)16(34)32-7-18(24,25)26/h1-6,14-15H,7H2,(H,32,34)(H,33,35). The summed E-state index contributed by atoms with van der Waals surface area (Å²) < 4.78 is 101. The molecule has 3 rings (SSSR count). The summed E-state index contributed by atoms with van der Waals surface area (Å²) >= 11 is 20.7. The highest BCUT2D eigenvalue weighted by Gasteiger charge is 2.69. The molecule has 2 amide bonds. The van der Waals surface area contributed by atoms with E-state index in [2.05, 4.69) is 21.2 Å². The maximum Gasteiger partial charge on any atom is 0.405 e. The Morgan fingerprint density at radius 3 is 2.19 bits per heavy atom. The van der Waals surface area contributed by atoms with Crippen molar-refractivity contribution < 1.29 is 42.2 Å². The van der Waals surface area contributed by atoms with E-state index in [9.17, 15) is 42.2 Å². The fourth-order valence-corrected chi connectivity index (χ4v) is 5.73. The maximum absolute atomic E-state index is 13.3. The number of halogens is 12. The van der Waals surface area contributed by atoms with Crippen molar-refractivity contribution in [1.82, 2.24) is 5.32 Å². The van der Waals surface area contributed by atoms with E-state index < -0.39 is 61.4 Å². The summed E-state index contributed by atoms with van der Waals surface area (Å²) in [5.41, 5.74) is -0.930. The number of anilines is 1. The molecule has 2 N–H and O–H groups in total. The Morgan fingerprint density at radius 1 is 1.03 bits per heavy atom. The Kier molecular flexibility index (Phi) is 6.88. The first kappa shape index (κ1) is 29.1. The summed E-state index contributed by atoms with van der Waals surface area (Å²) in [7, 11) is -10.1. The van der Waals surface area contributed by atoms with E-state index >= 15 is 0 Å². The van der Waals surface area contributed by atoms with Crippen LogP contribution in [0.25, 0.3) is 0 Å². The molecule has 0 saturated heterocycles. The number of carbonyl (C=O) groups excluding carboxylic acids is 2. The van der Waals surface area contributed by atoms with Crippen LogP contribution < -0.4 is 10.6 Å². The van der Waals surface area contributed by atoms with Gasteiger partial charge in [0.25, 0.3) is 5.91 Å². The van der Waals surface area contributed by atoms with E-state index in [4.69, 9.17) is 34.8 Å². The van der Waals surface area contributed by atoms with Gasteiger partial charge >= 0.3 is 16.4 Å². The molecule has 1 aliphatic rings. The normalized spacial score (nSPS) is 21.2. The van der Waals surface area contributed by atoms with Crippen molar-refractivity contribution >= 4 is 78.5 Å². The van der Waals surface area contributed by atoms with Gasteiger partial charge in [0.2, 0.25) is 5.91 Å². The Hall–Kier alpha value is -1.48. The Morgan fingerprint density at radius 2 is 1.64 bits per heavy atom. The van der Waals surface area contributed by atoms with Gasteiger partial charge in [-0.15, -0.1) is 23.2 Å². The molecule has 200 valence electrons. The van der Waals surface area contributed by atoms with Gasteiger partial charge in [-0.2, -0.15) is 13.2 Å². The summed E-state index contributed by atoms with van der Waals surface area (Å²) in [6.45, 7) is -1.64. The molecule has 0 radical (unpaired) electrons. The molecule has 2 aromatic rings. The van der Waals surface area contributed by atoms with Crippen molar-refractivity contribution in [3.05, 3.63) is 57.0 Å². The molecule has 4 nitrogen and oxygen atoms in total. The average molecular weight is 671 g/mol. The molecule has 2 unspecified atom stereocenters. The minimum absolute atomic E-state index is 0.127. The fourth-order valence-electron chi connectivity index (χ4n) is 3.33. The van der Waals surface area contributed by atoms with Crippen LogP contribution in [0.1, 0.15) is 21.8 Å². The van der Waals surface area contributed by atoms with Crippen LogP contribution in [0, 0.1) is 5.92 Å². The van der Waals surface area contributed by atoms with Gasteiger partial charge in [0.15, 0.2) is 0 Å².